The molecule has 1 saturated heterocycles. The molecule has 1 aliphatic heterocycles. The van der Waals surface area contributed by atoms with E-state index in [0.29, 0.717) is 37.6 Å². The normalized spacial score (nSPS) is 16.5. The van der Waals surface area contributed by atoms with E-state index in [2.05, 4.69) is 14.6 Å². The maximum Gasteiger partial charge on any atom is 0.242 e. The van der Waals surface area contributed by atoms with E-state index in [1.54, 1.807) is 48.5 Å². The molecular formula is C17H22N4O3S2. The fourth-order valence-corrected chi connectivity index (χ4v) is 4.83. The molecule has 0 spiro atoms. The standard InChI is InChI=1S/C17H22N4O3S2/c1-20(17-18-9-12-25-17)16(22)13-21-10-7-14(8-11-21)19-26(23,24)15-5-3-2-4-6-15/h2-6,9,12,14,19H,7-8,10-11,13H2,1H3. The first-order valence-electron chi connectivity index (χ1n) is 8.41. The van der Waals surface area contributed by atoms with Crippen LogP contribution in [-0.2, 0) is 14.8 Å². The van der Waals surface area contributed by atoms with E-state index in [1.807, 2.05) is 5.38 Å². The van der Waals surface area contributed by atoms with Gasteiger partial charge in [0, 0.05) is 37.8 Å². The smallest absolute Gasteiger partial charge is 0.242 e. The number of thiazole rings is 1. The second-order valence-electron chi connectivity index (χ2n) is 6.25. The van der Waals surface area contributed by atoms with Gasteiger partial charge in [0.05, 0.1) is 11.4 Å². The number of piperidine rings is 1. The highest BCUT2D eigenvalue weighted by Crippen LogP contribution is 2.18. The molecule has 0 unspecified atom stereocenters. The van der Waals surface area contributed by atoms with Crippen molar-refractivity contribution in [3.8, 4) is 0 Å². The van der Waals surface area contributed by atoms with Crippen LogP contribution in [0.2, 0.25) is 0 Å². The first-order chi connectivity index (χ1) is 12.5. The zero-order chi connectivity index (χ0) is 18.6. The Morgan fingerprint density at radius 2 is 2.00 bits per heavy atom. The van der Waals surface area contributed by atoms with Crippen LogP contribution >= 0.6 is 11.3 Å². The average molecular weight is 395 g/mol. The van der Waals surface area contributed by atoms with Crippen LogP contribution in [-0.4, -0.2) is 56.9 Å². The lowest BCUT2D eigenvalue weighted by atomic mass is 10.1. The Morgan fingerprint density at radius 3 is 2.62 bits per heavy atom. The van der Waals surface area contributed by atoms with Crippen molar-refractivity contribution in [2.75, 3.05) is 31.6 Å². The van der Waals surface area contributed by atoms with Crippen LogP contribution in [0.4, 0.5) is 5.13 Å². The summed E-state index contributed by atoms with van der Waals surface area (Å²) < 4.78 is 27.6. The molecule has 7 nitrogen and oxygen atoms in total. The molecule has 0 saturated carbocycles. The number of likely N-dealkylation sites (tertiary alicyclic amines) is 1. The van der Waals surface area contributed by atoms with Gasteiger partial charge >= 0.3 is 0 Å². The third-order valence-corrected chi connectivity index (χ3v) is 6.79. The summed E-state index contributed by atoms with van der Waals surface area (Å²) in [6.07, 6.45) is 3.04. The van der Waals surface area contributed by atoms with Gasteiger partial charge in [0.2, 0.25) is 15.9 Å². The molecular weight excluding hydrogens is 372 g/mol. The molecule has 0 aliphatic carbocycles. The van der Waals surface area contributed by atoms with Crippen LogP contribution in [0.15, 0.2) is 46.8 Å². The van der Waals surface area contributed by atoms with Crippen LogP contribution in [0.25, 0.3) is 0 Å². The van der Waals surface area contributed by atoms with E-state index in [9.17, 15) is 13.2 Å². The van der Waals surface area contributed by atoms with Gasteiger partial charge in [-0.3, -0.25) is 14.6 Å². The lowest BCUT2D eigenvalue weighted by Crippen LogP contribution is -2.47. The molecule has 0 bridgehead atoms. The van der Waals surface area contributed by atoms with Gasteiger partial charge in [-0.05, 0) is 25.0 Å². The van der Waals surface area contributed by atoms with Gasteiger partial charge in [0.1, 0.15) is 0 Å². The second kappa shape index (κ2) is 8.26. The number of carbonyl (C=O) groups excluding carboxylic acids is 1. The van der Waals surface area contributed by atoms with Crippen molar-refractivity contribution >= 4 is 32.4 Å². The van der Waals surface area contributed by atoms with E-state index in [4.69, 9.17) is 0 Å². The topological polar surface area (TPSA) is 82.6 Å². The zero-order valence-corrected chi connectivity index (χ0v) is 16.2. The molecule has 1 aliphatic rings. The molecule has 1 fully saturated rings. The van der Waals surface area contributed by atoms with Crippen LogP contribution in [0, 0.1) is 0 Å². The molecule has 140 valence electrons. The number of rotatable bonds is 6. The summed E-state index contributed by atoms with van der Waals surface area (Å²) in [6, 6.07) is 8.28. The first-order valence-corrected chi connectivity index (χ1v) is 10.8. The number of likely N-dealkylation sites (N-methyl/N-ethyl adjacent to an activating group) is 1. The van der Waals surface area contributed by atoms with Gasteiger partial charge in [-0.15, -0.1) is 11.3 Å². The number of sulfonamides is 1. The minimum atomic E-state index is -3.49. The predicted molar refractivity (Wildman–Crippen MR) is 102 cm³/mol. The molecule has 1 aromatic carbocycles. The highest BCUT2D eigenvalue weighted by atomic mass is 32.2. The Morgan fingerprint density at radius 1 is 1.31 bits per heavy atom. The van der Waals surface area contributed by atoms with Gasteiger partial charge in [-0.25, -0.2) is 18.1 Å². The molecule has 1 N–H and O–H groups in total. The van der Waals surface area contributed by atoms with Crippen LogP contribution in [0.1, 0.15) is 12.8 Å². The van der Waals surface area contributed by atoms with Crippen molar-refractivity contribution in [2.24, 2.45) is 0 Å². The predicted octanol–water partition coefficient (Wildman–Crippen LogP) is 1.55. The number of hydrogen-bond donors (Lipinski definition) is 1. The number of aromatic nitrogens is 1. The van der Waals surface area contributed by atoms with E-state index in [0.717, 1.165) is 0 Å². The van der Waals surface area contributed by atoms with E-state index < -0.39 is 10.0 Å². The molecule has 3 rings (SSSR count). The molecule has 9 heteroatoms. The Kier molecular flexibility index (Phi) is 6.02. The van der Waals surface area contributed by atoms with Gasteiger partial charge in [-0.1, -0.05) is 18.2 Å². The molecule has 0 atom stereocenters. The number of benzene rings is 1. The third-order valence-electron chi connectivity index (χ3n) is 4.40. The number of nitrogens with zero attached hydrogens (tertiary/aromatic N) is 3. The first kappa shape index (κ1) is 19.0. The second-order valence-corrected chi connectivity index (χ2v) is 8.84. The molecule has 2 aromatic rings. The number of anilines is 1. The Bertz CT molecular complexity index is 817. The summed E-state index contributed by atoms with van der Waals surface area (Å²) in [6.45, 7) is 1.67. The minimum Gasteiger partial charge on any atom is -0.294 e. The fraction of sp³-hybridized carbons (Fsp3) is 0.412. The molecule has 26 heavy (non-hydrogen) atoms. The van der Waals surface area contributed by atoms with E-state index in [1.165, 1.54) is 11.3 Å². The van der Waals surface area contributed by atoms with E-state index >= 15 is 0 Å². The molecule has 0 radical (unpaired) electrons. The number of nitrogens with one attached hydrogen (secondary N) is 1. The Hall–Kier alpha value is -1.81. The van der Waals surface area contributed by atoms with Crippen molar-refractivity contribution in [2.45, 2.75) is 23.8 Å². The monoisotopic (exact) mass is 394 g/mol. The van der Waals surface area contributed by atoms with Gasteiger partial charge < -0.3 is 0 Å². The average Bonchev–Trinajstić information content (AvgIpc) is 3.18. The zero-order valence-electron chi connectivity index (χ0n) is 14.5. The Balaban J connectivity index is 1.49. The highest BCUT2D eigenvalue weighted by molar-refractivity contribution is 7.89. The van der Waals surface area contributed by atoms with Gasteiger partial charge in [-0.2, -0.15) is 0 Å². The quantitative estimate of drug-likeness (QED) is 0.804. The summed E-state index contributed by atoms with van der Waals surface area (Å²) in [5.74, 6) is -0.0109. The summed E-state index contributed by atoms with van der Waals surface area (Å²) in [5, 5.41) is 2.52. The van der Waals surface area contributed by atoms with Crippen LogP contribution < -0.4 is 9.62 Å². The summed E-state index contributed by atoms with van der Waals surface area (Å²) in [4.78, 5) is 20.4. The van der Waals surface area contributed by atoms with Crippen LogP contribution in [0.5, 0.6) is 0 Å². The van der Waals surface area contributed by atoms with Crippen molar-refractivity contribution < 1.29 is 13.2 Å². The van der Waals surface area contributed by atoms with Crippen molar-refractivity contribution in [1.82, 2.24) is 14.6 Å². The molecule has 2 heterocycles. The lowest BCUT2D eigenvalue weighted by molar-refractivity contribution is -0.119. The van der Waals surface area contributed by atoms with E-state index in [-0.39, 0.29) is 16.8 Å². The van der Waals surface area contributed by atoms with Crippen molar-refractivity contribution in [1.29, 1.82) is 0 Å². The summed E-state index contributed by atoms with van der Waals surface area (Å²) >= 11 is 1.42. The maximum atomic E-state index is 12.4. The fourth-order valence-electron chi connectivity index (χ4n) is 2.88. The highest BCUT2D eigenvalue weighted by Gasteiger charge is 2.26. The maximum absolute atomic E-state index is 12.4. The van der Waals surface area contributed by atoms with Gasteiger partial charge in [0.15, 0.2) is 5.13 Å². The van der Waals surface area contributed by atoms with Crippen molar-refractivity contribution in [3.63, 3.8) is 0 Å². The van der Waals surface area contributed by atoms with Crippen molar-refractivity contribution in [3.05, 3.63) is 41.9 Å². The number of carbonyl (C=O) groups is 1. The molecule has 1 aromatic heterocycles. The SMILES string of the molecule is CN(C(=O)CN1CCC(NS(=O)(=O)c2ccccc2)CC1)c1nccs1. The lowest BCUT2D eigenvalue weighted by Gasteiger charge is -2.32. The summed E-state index contributed by atoms with van der Waals surface area (Å²) in [7, 11) is -1.77. The van der Waals surface area contributed by atoms with Gasteiger partial charge in [0.25, 0.3) is 0 Å². The van der Waals surface area contributed by atoms with Crippen LogP contribution in [0.3, 0.4) is 0 Å². The third kappa shape index (κ3) is 4.67. The Labute approximate surface area is 157 Å². The largest absolute Gasteiger partial charge is 0.294 e. The summed E-state index contributed by atoms with van der Waals surface area (Å²) in [5.41, 5.74) is 0. The number of hydrogen-bond acceptors (Lipinski definition) is 6. The number of amides is 1. The minimum absolute atomic E-state index is 0.0109. The molecule has 1 amide bonds.